The Bertz CT molecular complexity index is 625. The molecule has 6 nitrogen and oxygen atoms in total. The lowest BCUT2D eigenvalue weighted by molar-refractivity contribution is 0.302. The number of aryl methyl sites for hydroxylation is 1. The minimum absolute atomic E-state index is 0.00107. The number of hydrogen-bond donors (Lipinski definition) is 2. The summed E-state index contributed by atoms with van der Waals surface area (Å²) < 4.78 is 10.8. The molecule has 20 heavy (non-hydrogen) atoms. The van der Waals surface area contributed by atoms with Crippen molar-refractivity contribution >= 4 is 17.2 Å². The highest BCUT2D eigenvalue weighted by Gasteiger charge is 2.07. The first-order chi connectivity index (χ1) is 9.62. The highest BCUT2D eigenvalue weighted by molar-refractivity contribution is 7.09. The van der Waals surface area contributed by atoms with E-state index in [9.17, 15) is 0 Å². The van der Waals surface area contributed by atoms with Crippen LogP contribution in [0.5, 0.6) is 11.5 Å². The van der Waals surface area contributed by atoms with Gasteiger partial charge in [0.15, 0.2) is 5.84 Å². The summed E-state index contributed by atoms with van der Waals surface area (Å²) in [5, 5.41) is 14.5. The van der Waals surface area contributed by atoms with Crippen molar-refractivity contribution in [1.82, 2.24) is 4.98 Å². The molecule has 0 unspecified atom stereocenters. The van der Waals surface area contributed by atoms with E-state index in [0.717, 1.165) is 10.7 Å². The lowest BCUT2D eigenvalue weighted by Gasteiger charge is -2.09. The number of ether oxygens (including phenoxy) is 2. The van der Waals surface area contributed by atoms with Crippen molar-refractivity contribution in [3.05, 3.63) is 39.8 Å². The number of thiazole rings is 1. The Balaban J connectivity index is 2.18. The molecule has 7 heteroatoms. The second kappa shape index (κ2) is 6.25. The van der Waals surface area contributed by atoms with Gasteiger partial charge < -0.3 is 20.4 Å². The molecule has 0 atom stereocenters. The van der Waals surface area contributed by atoms with Crippen molar-refractivity contribution < 1.29 is 14.7 Å². The van der Waals surface area contributed by atoms with Gasteiger partial charge in [0, 0.05) is 22.7 Å². The predicted molar refractivity (Wildman–Crippen MR) is 76.7 cm³/mol. The molecule has 0 spiro atoms. The van der Waals surface area contributed by atoms with Gasteiger partial charge in [-0.05, 0) is 19.1 Å². The molecule has 3 N–H and O–H groups in total. The van der Waals surface area contributed by atoms with Gasteiger partial charge in [0.2, 0.25) is 0 Å². The van der Waals surface area contributed by atoms with Crippen molar-refractivity contribution in [2.24, 2.45) is 10.9 Å². The summed E-state index contributed by atoms with van der Waals surface area (Å²) in [4.78, 5) is 4.32. The van der Waals surface area contributed by atoms with Crippen LogP contribution >= 0.6 is 11.3 Å². The Hall–Kier alpha value is -2.28. The first-order valence-electron chi connectivity index (χ1n) is 5.83. The van der Waals surface area contributed by atoms with E-state index in [4.69, 9.17) is 20.4 Å². The van der Waals surface area contributed by atoms with E-state index in [-0.39, 0.29) is 5.84 Å². The van der Waals surface area contributed by atoms with Crippen LogP contribution in [0, 0.1) is 6.92 Å². The van der Waals surface area contributed by atoms with Crippen molar-refractivity contribution in [1.29, 1.82) is 0 Å². The molecule has 0 bridgehead atoms. The van der Waals surface area contributed by atoms with Gasteiger partial charge >= 0.3 is 0 Å². The van der Waals surface area contributed by atoms with E-state index in [0.29, 0.717) is 23.7 Å². The van der Waals surface area contributed by atoms with Crippen molar-refractivity contribution in [2.45, 2.75) is 13.5 Å². The van der Waals surface area contributed by atoms with E-state index in [1.807, 2.05) is 12.3 Å². The van der Waals surface area contributed by atoms with E-state index in [1.165, 1.54) is 11.3 Å². The normalized spacial score (nSPS) is 11.4. The second-order valence-electron chi connectivity index (χ2n) is 4.05. The molecule has 2 rings (SSSR count). The molecule has 0 aliphatic rings. The van der Waals surface area contributed by atoms with Crippen LogP contribution < -0.4 is 15.2 Å². The van der Waals surface area contributed by atoms with Gasteiger partial charge in [0.05, 0.1) is 7.11 Å². The summed E-state index contributed by atoms with van der Waals surface area (Å²) in [5.41, 5.74) is 7.07. The molecular weight excluding hydrogens is 278 g/mol. The van der Waals surface area contributed by atoms with Gasteiger partial charge in [-0.2, -0.15) is 0 Å². The molecule has 0 aliphatic carbocycles. The largest absolute Gasteiger partial charge is 0.497 e. The highest BCUT2D eigenvalue weighted by Crippen LogP contribution is 2.24. The van der Waals surface area contributed by atoms with E-state index < -0.39 is 0 Å². The molecule has 0 amide bonds. The number of nitrogens with zero attached hydrogens (tertiary/aromatic N) is 2. The lowest BCUT2D eigenvalue weighted by atomic mass is 10.2. The number of nitrogens with two attached hydrogens (primary N) is 1. The standard InChI is InChI=1S/C13H15N3O3S/c1-8-7-20-12(15-8)6-19-11-4-9(13(14)16-17)3-10(5-11)18-2/h3-5,7,17H,6H2,1-2H3,(H2,14,16). The van der Waals surface area contributed by atoms with Crippen molar-refractivity contribution in [3.8, 4) is 11.5 Å². The highest BCUT2D eigenvalue weighted by atomic mass is 32.1. The van der Waals surface area contributed by atoms with Gasteiger partial charge in [0.25, 0.3) is 0 Å². The van der Waals surface area contributed by atoms with Crippen LogP contribution in [0.3, 0.4) is 0 Å². The second-order valence-corrected chi connectivity index (χ2v) is 5.00. The quantitative estimate of drug-likeness (QED) is 0.381. The fourth-order valence-electron chi connectivity index (χ4n) is 1.59. The number of amidine groups is 1. The Labute approximate surface area is 120 Å². The molecule has 0 radical (unpaired) electrons. The first kappa shape index (κ1) is 14.1. The Kier molecular flexibility index (Phi) is 4.41. The minimum Gasteiger partial charge on any atom is -0.497 e. The summed E-state index contributed by atoms with van der Waals surface area (Å²) in [7, 11) is 1.54. The van der Waals surface area contributed by atoms with Gasteiger partial charge in [-0.1, -0.05) is 5.16 Å². The Morgan fingerprint density at radius 3 is 2.75 bits per heavy atom. The molecule has 0 saturated carbocycles. The number of oxime groups is 1. The SMILES string of the molecule is COc1cc(OCc2nc(C)cs2)cc(/C(N)=N/O)c1. The summed E-state index contributed by atoms with van der Waals surface area (Å²) in [6.45, 7) is 2.29. The fourth-order valence-corrected chi connectivity index (χ4v) is 2.28. The van der Waals surface area contributed by atoms with Crippen LogP contribution in [-0.2, 0) is 6.61 Å². The van der Waals surface area contributed by atoms with Crippen molar-refractivity contribution in [2.75, 3.05) is 7.11 Å². The Morgan fingerprint density at radius 1 is 1.40 bits per heavy atom. The third-order valence-electron chi connectivity index (χ3n) is 2.55. The molecule has 0 saturated heterocycles. The maximum atomic E-state index is 8.73. The van der Waals surface area contributed by atoms with Gasteiger partial charge in [0.1, 0.15) is 23.1 Å². The zero-order valence-electron chi connectivity index (χ0n) is 11.2. The molecular formula is C13H15N3O3S. The van der Waals surface area contributed by atoms with Gasteiger partial charge in [-0.15, -0.1) is 11.3 Å². The molecule has 1 aromatic heterocycles. The minimum atomic E-state index is -0.00107. The number of aromatic nitrogens is 1. The van der Waals surface area contributed by atoms with Crippen LogP contribution in [0.1, 0.15) is 16.3 Å². The zero-order valence-corrected chi connectivity index (χ0v) is 12.0. The smallest absolute Gasteiger partial charge is 0.170 e. The molecule has 2 aromatic rings. The zero-order chi connectivity index (χ0) is 14.5. The number of hydrogen-bond acceptors (Lipinski definition) is 6. The number of methoxy groups -OCH3 is 1. The first-order valence-corrected chi connectivity index (χ1v) is 6.71. The third kappa shape index (κ3) is 3.39. The average Bonchev–Trinajstić information content (AvgIpc) is 2.89. The molecule has 1 heterocycles. The van der Waals surface area contributed by atoms with Crippen LogP contribution in [0.4, 0.5) is 0 Å². The monoisotopic (exact) mass is 293 g/mol. The van der Waals surface area contributed by atoms with Gasteiger partial charge in [-0.25, -0.2) is 4.98 Å². The molecule has 106 valence electrons. The fraction of sp³-hybridized carbons (Fsp3) is 0.231. The average molecular weight is 293 g/mol. The topological polar surface area (TPSA) is 90.0 Å². The Morgan fingerprint density at radius 2 is 2.15 bits per heavy atom. The molecule has 0 fully saturated rings. The number of benzene rings is 1. The maximum absolute atomic E-state index is 8.73. The maximum Gasteiger partial charge on any atom is 0.170 e. The predicted octanol–water partition coefficient (Wildman–Crippen LogP) is 2.13. The number of rotatable bonds is 5. The van der Waals surface area contributed by atoms with Gasteiger partial charge in [-0.3, -0.25) is 0 Å². The van der Waals surface area contributed by atoms with Crippen LogP contribution in [0.15, 0.2) is 28.7 Å². The third-order valence-corrected chi connectivity index (χ3v) is 3.49. The summed E-state index contributed by atoms with van der Waals surface area (Å²) >= 11 is 1.54. The molecule has 0 aliphatic heterocycles. The lowest BCUT2D eigenvalue weighted by Crippen LogP contribution is -2.13. The van der Waals surface area contributed by atoms with E-state index in [2.05, 4.69) is 10.1 Å². The van der Waals surface area contributed by atoms with E-state index in [1.54, 1.807) is 25.3 Å². The van der Waals surface area contributed by atoms with E-state index >= 15 is 0 Å². The summed E-state index contributed by atoms with van der Waals surface area (Å²) in [6.07, 6.45) is 0. The summed E-state index contributed by atoms with van der Waals surface area (Å²) in [6, 6.07) is 5.07. The van der Waals surface area contributed by atoms with Crippen molar-refractivity contribution in [3.63, 3.8) is 0 Å². The van der Waals surface area contributed by atoms with Crippen LogP contribution in [0.2, 0.25) is 0 Å². The van der Waals surface area contributed by atoms with Crippen LogP contribution in [-0.4, -0.2) is 23.1 Å². The molecule has 1 aromatic carbocycles. The van der Waals surface area contributed by atoms with Crippen LogP contribution in [0.25, 0.3) is 0 Å². The summed E-state index contributed by atoms with van der Waals surface area (Å²) in [5.74, 6) is 1.14.